The summed E-state index contributed by atoms with van der Waals surface area (Å²) in [5.41, 5.74) is 0.400. The van der Waals surface area contributed by atoms with E-state index in [-0.39, 0.29) is 17.3 Å². The number of piperazine rings is 1. The van der Waals surface area contributed by atoms with Crippen LogP contribution in [0.15, 0.2) is 59.5 Å². The first-order valence-electron chi connectivity index (χ1n) is 8.72. The fourth-order valence-corrected chi connectivity index (χ4v) is 4.48. The molecule has 0 spiro atoms. The van der Waals surface area contributed by atoms with Crippen molar-refractivity contribution in [1.82, 2.24) is 9.80 Å². The normalized spacial score (nSPS) is 14.6. The molecule has 28 heavy (non-hydrogen) atoms. The number of carbonyl (C=O) groups excluding carboxylic acids is 2. The highest BCUT2D eigenvalue weighted by Crippen LogP contribution is 2.24. The number of amides is 2. The van der Waals surface area contributed by atoms with Crippen molar-refractivity contribution in [3.8, 4) is 0 Å². The van der Waals surface area contributed by atoms with E-state index in [9.17, 15) is 18.0 Å². The predicted octanol–water partition coefficient (Wildman–Crippen LogP) is 1.84. The number of hydrogen-bond donors (Lipinski definition) is 0. The zero-order valence-electron chi connectivity index (χ0n) is 15.1. The lowest BCUT2D eigenvalue weighted by Gasteiger charge is -2.34. The first-order chi connectivity index (χ1) is 13.4. The van der Waals surface area contributed by atoms with E-state index < -0.39 is 10.0 Å². The molecule has 2 aromatic rings. The number of para-hydroxylation sites is 1. The molecule has 0 aromatic heterocycles. The van der Waals surface area contributed by atoms with Gasteiger partial charge >= 0.3 is 0 Å². The van der Waals surface area contributed by atoms with Crippen LogP contribution < -0.4 is 4.31 Å². The Kier molecular flexibility index (Phi) is 6.21. The average Bonchev–Trinajstić information content (AvgIpc) is 2.72. The smallest absolute Gasteiger partial charge is 0.264 e. The molecular weight excluding hydrogens is 402 g/mol. The Labute approximate surface area is 169 Å². The van der Waals surface area contributed by atoms with Crippen molar-refractivity contribution >= 4 is 39.6 Å². The van der Waals surface area contributed by atoms with E-state index in [1.807, 2.05) is 0 Å². The van der Waals surface area contributed by atoms with Gasteiger partial charge in [0.15, 0.2) is 0 Å². The van der Waals surface area contributed by atoms with Crippen molar-refractivity contribution in [3.63, 3.8) is 0 Å². The third kappa shape index (κ3) is 4.45. The second kappa shape index (κ2) is 8.62. The van der Waals surface area contributed by atoms with Crippen LogP contribution in [0.4, 0.5) is 5.69 Å². The summed E-state index contributed by atoms with van der Waals surface area (Å²) in [6.07, 6.45) is 0.753. The number of halogens is 1. The summed E-state index contributed by atoms with van der Waals surface area (Å²) in [6.45, 7) is 1.30. The van der Waals surface area contributed by atoms with Gasteiger partial charge in [0.2, 0.25) is 12.3 Å². The number of rotatable bonds is 6. The van der Waals surface area contributed by atoms with Crippen LogP contribution in [0.1, 0.15) is 0 Å². The highest BCUT2D eigenvalue weighted by atomic mass is 35.5. The van der Waals surface area contributed by atoms with Gasteiger partial charge in [0.05, 0.1) is 10.6 Å². The Morgan fingerprint density at radius 3 is 2.18 bits per heavy atom. The van der Waals surface area contributed by atoms with Crippen LogP contribution in [0.2, 0.25) is 5.02 Å². The summed E-state index contributed by atoms with van der Waals surface area (Å²) in [5, 5.41) is 0.425. The Morgan fingerprint density at radius 1 is 1.00 bits per heavy atom. The van der Waals surface area contributed by atoms with Crippen LogP contribution in [0.5, 0.6) is 0 Å². The lowest BCUT2D eigenvalue weighted by molar-refractivity contribution is -0.133. The van der Waals surface area contributed by atoms with Gasteiger partial charge in [0, 0.05) is 31.2 Å². The summed E-state index contributed by atoms with van der Waals surface area (Å²) in [7, 11) is -3.96. The number of nitrogens with zero attached hydrogens (tertiary/aromatic N) is 3. The van der Waals surface area contributed by atoms with E-state index >= 15 is 0 Å². The third-order valence-corrected chi connectivity index (χ3v) is 6.58. The van der Waals surface area contributed by atoms with Gasteiger partial charge in [-0.2, -0.15) is 0 Å². The molecule has 0 radical (unpaired) electrons. The summed E-state index contributed by atoms with van der Waals surface area (Å²) in [5.74, 6) is -0.313. The molecule has 0 saturated carbocycles. The SMILES string of the molecule is O=CN1CCN(C(=O)CN(c2ccccc2)S(=O)(=O)c2ccc(Cl)cc2)CC1. The van der Waals surface area contributed by atoms with Gasteiger partial charge in [-0.05, 0) is 36.4 Å². The highest BCUT2D eigenvalue weighted by molar-refractivity contribution is 7.92. The molecular formula is C19H20ClN3O4S. The van der Waals surface area contributed by atoms with Crippen LogP contribution in [0.3, 0.4) is 0 Å². The molecule has 1 fully saturated rings. The maximum atomic E-state index is 13.2. The molecule has 0 atom stereocenters. The van der Waals surface area contributed by atoms with Crippen molar-refractivity contribution in [1.29, 1.82) is 0 Å². The second-order valence-electron chi connectivity index (χ2n) is 6.32. The molecule has 1 aliphatic heterocycles. The third-order valence-electron chi connectivity index (χ3n) is 4.54. The van der Waals surface area contributed by atoms with Gasteiger partial charge in [-0.15, -0.1) is 0 Å². The van der Waals surface area contributed by atoms with Gasteiger partial charge in [0.25, 0.3) is 10.0 Å². The maximum absolute atomic E-state index is 13.2. The van der Waals surface area contributed by atoms with Gasteiger partial charge < -0.3 is 9.80 Å². The number of carbonyl (C=O) groups is 2. The summed E-state index contributed by atoms with van der Waals surface area (Å²) in [4.78, 5) is 26.9. The fourth-order valence-electron chi connectivity index (χ4n) is 2.94. The average molecular weight is 422 g/mol. The molecule has 1 heterocycles. The number of benzene rings is 2. The molecule has 9 heteroatoms. The Morgan fingerprint density at radius 2 is 1.61 bits per heavy atom. The first-order valence-corrected chi connectivity index (χ1v) is 10.5. The molecule has 3 rings (SSSR count). The Bertz CT molecular complexity index is 927. The van der Waals surface area contributed by atoms with E-state index in [4.69, 9.17) is 11.6 Å². The van der Waals surface area contributed by atoms with Crippen molar-refractivity contribution in [2.24, 2.45) is 0 Å². The summed E-state index contributed by atoms with van der Waals surface area (Å²) < 4.78 is 27.5. The zero-order valence-corrected chi connectivity index (χ0v) is 16.6. The van der Waals surface area contributed by atoms with E-state index in [2.05, 4.69) is 0 Å². The standard InChI is InChI=1S/C19H20ClN3O4S/c20-16-6-8-18(9-7-16)28(26,27)23(17-4-2-1-3-5-17)14-19(25)22-12-10-21(15-24)11-13-22/h1-9,15H,10-14H2. The van der Waals surface area contributed by atoms with Crippen molar-refractivity contribution in [2.75, 3.05) is 37.0 Å². The molecule has 1 saturated heterocycles. The van der Waals surface area contributed by atoms with Crippen molar-refractivity contribution < 1.29 is 18.0 Å². The predicted molar refractivity (Wildman–Crippen MR) is 107 cm³/mol. The van der Waals surface area contributed by atoms with Gasteiger partial charge in [-0.1, -0.05) is 29.8 Å². The number of sulfonamides is 1. The molecule has 7 nitrogen and oxygen atoms in total. The minimum atomic E-state index is -3.96. The van der Waals surface area contributed by atoms with E-state index in [1.54, 1.807) is 40.1 Å². The molecule has 0 bridgehead atoms. The maximum Gasteiger partial charge on any atom is 0.264 e. The fraction of sp³-hybridized carbons (Fsp3) is 0.263. The van der Waals surface area contributed by atoms with Crippen molar-refractivity contribution in [3.05, 3.63) is 59.6 Å². The van der Waals surface area contributed by atoms with Crippen LogP contribution >= 0.6 is 11.6 Å². The molecule has 0 aliphatic carbocycles. The minimum Gasteiger partial charge on any atom is -0.342 e. The molecule has 1 aliphatic rings. The zero-order chi connectivity index (χ0) is 20.1. The topological polar surface area (TPSA) is 78.0 Å². The van der Waals surface area contributed by atoms with E-state index in [0.717, 1.165) is 10.7 Å². The molecule has 2 aromatic carbocycles. The van der Waals surface area contributed by atoms with Crippen molar-refractivity contribution in [2.45, 2.75) is 4.90 Å². The van der Waals surface area contributed by atoms with Crippen LogP contribution in [-0.4, -0.2) is 63.3 Å². The quantitative estimate of drug-likeness (QED) is 0.667. The summed E-state index contributed by atoms with van der Waals surface area (Å²) >= 11 is 5.87. The minimum absolute atomic E-state index is 0.0549. The second-order valence-corrected chi connectivity index (χ2v) is 8.62. The lowest BCUT2D eigenvalue weighted by Crippen LogP contribution is -2.51. The molecule has 2 amide bonds. The van der Waals surface area contributed by atoms with Gasteiger partial charge in [-0.25, -0.2) is 8.42 Å². The highest BCUT2D eigenvalue weighted by Gasteiger charge is 2.30. The monoisotopic (exact) mass is 421 g/mol. The lowest BCUT2D eigenvalue weighted by atomic mass is 10.3. The molecule has 0 N–H and O–H groups in total. The first kappa shape index (κ1) is 20.2. The largest absolute Gasteiger partial charge is 0.342 e. The van der Waals surface area contributed by atoms with Gasteiger partial charge in [0.1, 0.15) is 6.54 Å². The van der Waals surface area contributed by atoms with Crippen LogP contribution in [-0.2, 0) is 19.6 Å². The van der Waals surface area contributed by atoms with Gasteiger partial charge in [-0.3, -0.25) is 13.9 Å². The van der Waals surface area contributed by atoms with Crippen LogP contribution in [0, 0.1) is 0 Å². The molecule has 0 unspecified atom stereocenters. The number of hydrogen-bond acceptors (Lipinski definition) is 4. The van der Waals surface area contributed by atoms with Crippen LogP contribution in [0.25, 0.3) is 0 Å². The van der Waals surface area contributed by atoms with E-state index in [0.29, 0.717) is 36.9 Å². The number of anilines is 1. The Balaban J connectivity index is 1.87. The summed E-state index contributed by atoms with van der Waals surface area (Å²) in [6, 6.07) is 14.3. The van der Waals surface area contributed by atoms with E-state index in [1.165, 1.54) is 24.3 Å². The molecule has 148 valence electrons. The Hall–Kier alpha value is -2.58.